The van der Waals surface area contributed by atoms with Crippen molar-refractivity contribution < 1.29 is 14.4 Å². The molecule has 0 amide bonds. The molecule has 0 unspecified atom stereocenters. The monoisotopic (exact) mass is 238 g/mol. The van der Waals surface area contributed by atoms with Gasteiger partial charge in [0.15, 0.2) is 5.82 Å². The quantitative estimate of drug-likeness (QED) is 0.862. The molecule has 94 valence electrons. The lowest BCUT2D eigenvalue weighted by atomic mass is 9.88. The lowest BCUT2D eigenvalue weighted by Crippen LogP contribution is -2.41. The maximum atomic E-state index is 10.5. The van der Waals surface area contributed by atoms with Crippen molar-refractivity contribution in [3.63, 3.8) is 0 Å². The van der Waals surface area contributed by atoms with E-state index in [4.69, 9.17) is 9.26 Å². The summed E-state index contributed by atoms with van der Waals surface area (Å²) < 4.78 is 10.6. The first-order valence-corrected chi connectivity index (χ1v) is 6.31. The number of aliphatic hydroxyl groups is 1. The zero-order valence-electron chi connectivity index (χ0n) is 10.1. The average Bonchev–Trinajstić information content (AvgIpc) is 3.00. The number of nitrogens with zero attached hydrogens (tertiary/aromatic N) is 2. The Labute approximate surface area is 100 Å². The fraction of sp³-hybridized carbons (Fsp3) is 0.833. The first-order valence-electron chi connectivity index (χ1n) is 6.31. The Morgan fingerprint density at radius 1 is 1.47 bits per heavy atom. The van der Waals surface area contributed by atoms with E-state index in [0.717, 1.165) is 18.7 Å². The van der Waals surface area contributed by atoms with Crippen molar-refractivity contribution >= 4 is 0 Å². The van der Waals surface area contributed by atoms with Gasteiger partial charge in [-0.15, -0.1) is 0 Å². The van der Waals surface area contributed by atoms with Gasteiger partial charge in [0.2, 0.25) is 5.89 Å². The van der Waals surface area contributed by atoms with Gasteiger partial charge >= 0.3 is 0 Å². The van der Waals surface area contributed by atoms with E-state index in [0.29, 0.717) is 37.7 Å². The number of hydrogen-bond acceptors (Lipinski definition) is 5. The van der Waals surface area contributed by atoms with E-state index in [1.54, 1.807) is 0 Å². The van der Waals surface area contributed by atoms with E-state index in [1.165, 1.54) is 0 Å². The summed E-state index contributed by atoms with van der Waals surface area (Å²) in [4.78, 5) is 4.36. The molecule has 2 atom stereocenters. The topological polar surface area (TPSA) is 68.4 Å². The van der Waals surface area contributed by atoms with Crippen molar-refractivity contribution in [1.82, 2.24) is 10.1 Å². The molecule has 17 heavy (non-hydrogen) atoms. The van der Waals surface area contributed by atoms with Gasteiger partial charge in [-0.3, -0.25) is 0 Å². The third kappa shape index (κ3) is 2.50. The van der Waals surface area contributed by atoms with Gasteiger partial charge < -0.3 is 14.4 Å². The molecule has 1 saturated carbocycles. The van der Waals surface area contributed by atoms with Crippen molar-refractivity contribution in [2.45, 2.75) is 56.7 Å². The minimum absolute atomic E-state index is 0.0968. The summed E-state index contributed by atoms with van der Waals surface area (Å²) in [5, 5.41) is 14.4. The highest BCUT2D eigenvalue weighted by molar-refractivity contribution is 5.04. The van der Waals surface area contributed by atoms with Crippen LogP contribution in [0.4, 0.5) is 0 Å². The summed E-state index contributed by atoms with van der Waals surface area (Å²) in [6.45, 7) is 2.58. The largest absolute Gasteiger partial charge is 0.389 e. The third-order valence-electron chi connectivity index (χ3n) is 3.54. The van der Waals surface area contributed by atoms with Crippen molar-refractivity contribution in [2.75, 3.05) is 6.61 Å². The van der Waals surface area contributed by atoms with Gasteiger partial charge in [0.25, 0.3) is 0 Å². The Kier molecular flexibility index (Phi) is 2.67. The van der Waals surface area contributed by atoms with E-state index in [9.17, 15) is 5.11 Å². The second-order valence-electron chi connectivity index (χ2n) is 5.36. The highest BCUT2D eigenvalue weighted by atomic mass is 16.5. The van der Waals surface area contributed by atoms with Gasteiger partial charge in [0.05, 0.1) is 18.1 Å². The molecule has 1 saturated heterocycles. The molecular formula is C12H18N2O3. The molecule has 0 bridgehead atoms. The van der Waals surface area contributed by atoms with Crippen LogP contribution in [0.5, 0.6) is 0 Å². The van der Waals surface area contributed by atoms with Gasteiger partial charge in [-0.2, -0.15) is 4.98 Å². The molecule has 1 aliphatic heterocycles. The predicted octanol–water partition coefficient (Wildman–Crippen LogP) is 1.42. The predicted molar refractivity (Wildman–Crippen MR) is 59.6 cm³/mol. The summed E-state index contributed by atoms with van der Waals surface area (Å²) in [7, 11) is 0. The van der Waals surface area contributed by atoms with E-state index >= 15 is 0 Å². The molecule has 2 aliphatic rings. The highest BCUT2D eigenvalue weighted by Gasteiger charge is 2.36. The van der Waals surface area contributed by atoms with Gasteiger partial charge in [-0.25, -0.2) is 0 Å². The minimum Gasteiger partial charge on any atom is -0.389 e. The van der Waals surface area contributed by atoms with Crippen LogP contribution in [0.1, 0.15) is 50.2 Å². The lowest BCUT2D eigenvalue weighted by Gasteiger charge is -2.34. The lowest BCUT2D eigenvalue weighted by molar-refractivity contribution is -0.0987. The van der Waals surface area contributed by atoms with Crippen LogP contribution in [0.3, 0.4) is 0 Å². The normalized spacial score (nSPS) is 33.9. The minimum atomic E-state index is -0.745. The van der Waals surface area contributed by atoms with Gasteiger partial charge in [0, 0.05) is 25.4 Å². The average molecular weight is 238 g/mol. The number of aromatic nitrogens is 2. The van der Waals surface area contributed by atoms with Crippen molar-refractivity contribution in [1.29, 1.82) is 0 Å². The molecule has 5 nitrogen and oxygen atoms in total. The van der Waals surface area contributed by atoms with Crippen LogP contribution in [0.15, 0.2) is 4.52 Å². The molecule has 0 aromatic carbocycles. The van der Waals surface area contributed by atoms with Crippen LogP contribution < -0.4 is 0 Å². The number of rotatable bonds is 3. The maximum Gasteiger partial charge on any atom is 0.229 e. The molecule has 1 aromatic rings. The van der Waals surface area contributed by atoms with E-state index in [1.807, 2.05) is 6.92 Å². The molecule has 1 N–H and O–H groups in total. The standard InChI is InChI=1S/C12H18N2O3/c1-8-6-12(15,4-5-16-8)7-10-13-11(14-17-10)9-2-3-9/h8-9,15H,2-7H2,1H3/t8-,12-/m1/s1. The van der Waals surface area contributed by atoms with Crippen LogP contribution >= 0.6 is 0 Å². The van der Waals surface area contributed by atoms with Gasteiger partial charge in [0.1, 0.15) is 0 Å². The van der Waals surface area contributed by atoms with E-state index < -0.39 is 5.60 Å². The molecule has 1 aliphatic carbocycles. The molecule has 1 aromatic heterocycles. The van der Waals surface area contributed by atoms with Crippen LogP contribution in [-0.2, 0) is 11.2 Å². The van der Waals surface area contributed by atoms with Crippen LogP contribution in [-0.4, -0.2) is 33.6 Å². The summed E-state index contributed by atoms with van der Waals surface area (Å²) >= 11 is 0. The van der Waals surface area contributed by atoms with Crippen LogP contribution in [0.25, 0.3) is 0 Å². The Bertz CT molecular complexity index is 402. The van der Waals surface area contributed by atoms with Crippen LogP contribution in [0.2, 0.25) is 0 Å². The molecule has 0 spiro atoms. The summed E-state index contributed by atoms with van der Waals surface area (Å²) in [6, 6.07) is 0. The molecule has 2 heterocycles. The Hall–Kier alpha value is -0.940. The molecule has 3 rings (SSSR count). The van der Waals surface area contributed by atoms with Crippen molar-refractivity contribution in [3.8, 4) is 0 Å². The Morgan fingerprint density at radius 3 is 3.00 bits per heavy atom. The first-order chi connectivity index (χ1) is 8.15. The second-order valence-corrected chi connectivity index (χ2v) is 5.36. The molecule has 0 radical (unpaired) electrons. The van der Waals surface area contributed by atoms with Crippen molar-refractivity contribution in [3.05, 3.63) is 11.7 Å². The second kappa shape index (κ2) is 4.07. The van der Waals surface area contributed by atoms with Crippen molar-refractivity contribution in [2.24, 2.45) is 0 Å². The first kappa shape index (κ1) is 11.2. The van der Waals surface area contributed by atoms with Crippen LogP contribution in [0, 0.1) is 0 Å². The maximum absolute atomic E-state index is 10.5. The third-order valence-corrected chi connectivity index (χ3v) is 3.54. The smallest absolute Gasteiger partial charge is 0.229 e. The zero-order chi connectivity index (χ0) is 11.9. The van der Waals surface area contributed by atoms with Gasteiger partial charge in [-0.05, 0) is 19.8 Å². The summed E-state index contributed by atoms with van der Waals surface area (Å²) in [5.41, 5.74) is -0.745. The Balaban J connectivity index is 1.67. The molecule has 2 fully saturated rings. The number of ether oxygens (including phenoxy) is 1. The highest BCUT2D eigenvalue weighted by Crippen LogP contribution is 2.38. The Morgan fingerprint density at radius 2 is 2.29 bits per heavy atom. The zero-order valence-corrected chi connectivity index (χ0v) is 10.1. The summed E-state index contributed by atoms with van der Waals surface area (Å²) in [5.74, 6) is 1.86. The molecular weight excluding hydrogens is 220 g/mol. The fourth-order valence-electron chi connectivity index (χ4n) is 2.44. The fourth-order valence-corrected chi connectivity index (χ4v) is 2.44. The molecule has 5 heteroatoms. The summed E-state index contributed by atoms with van der Waals surface area (Å²) in [6.07, 6.45) is 4.13. The van der Waals surface area contributed by atoms with E-state index in [2.05, 4.69) is 10.1 Å². The number of hydrogen-bond donors (Lipinski definition) is 1. The SMILES string of the molecule is C[C@@H]1C[C@@](O)(Cc2nc(C3CC3)no2)CCO1. The van der Waals surface area contributed by atoms with E-state index in [-0.39, 0.29) is 6.10 Å². The van der Waals surface area contributed by atoms with Gasteiger partial charge in [-0.1, -0.05) is 5.16 Å².